The lowest BCUT2D eigenvalue weighted by Crippen LogP contribution is -2.05. The van der Waals surface area contributed by atoms with Gasteiger partial charge in [0.2, 0.25) is 0 Å². The van der Waals surface area contributed by atoms with Gasteiger partial charge in [-0.25, -0.2) is 4.68 Å². The van der Waals surface area contributed by atoms with Crippen molar-refractivity contribution in [3.63, 3.8) is 0 Å². The quantitative estimate of drug-likeness (QED) is 0.748. The SMILES string of the molecule is Cc1cccc(Cn2nnnc2-c2cccc(N)c2C)c1. The van der Waals surface area contributed by atoms with E-state index >= 15 is 0 Å². The Morgan fingerprint density at radius 1 is 1.10 bits per heavy atom. The molecule has 1 aromatic heterocycles. The van der Waals surface area contributed by atoms with Gasteiger partial charge in [-0.1, -0.05) is 42.0 Å². The van der Waals surface area contributed by atoms with Crippen molar-refractivity contribution in [2.45, 2.75) is 20.4 Å². The van der Waals surface area contributed by atoms with Crippen LogP contribution in [0.25, 0.3) is 11.4 Å². The summed E-state index contributed by atoms with van der Waals surface area (Å²) in [6.07, 6.45) is 0. The van der Waals surface area contributed by atoms with Crippen molar-refractivity contribution in [3.05, 3.63) is 59.2 Å². The van der Waals surface area contributed by atoms with E-state index in [9.17, 15) is 0 Å². The third kappa shape index (κ3) is 2.63. The molecule has 0 radical (unpaired) electrons. The van der Waals surface area contributed by atoms with Crippen molar-refractivity contribution in [2.24, 2.45) is 0 Å². The van der Waals surface area contributed by atoms with Crippen molar-refractivity contribution < 1.29 is 0 Å². The summed E-state index contributed by atoms with van der Waals surface area (Å²) in [7, 11) is 0. The fourth-order valence-corrected chi connectivity index (χ4v) is 2.38. The zero-order valence-corrected chi connectivity index (χ0v) is 12.1. The first-order valence-electron chi connectivity index (χ1n) is 6.82. The minimum Gasteiger partial charge on any atom is -0.398 e. The van der Waals surface area contributed by atoms with Gasteiger partial charge in [0.15, 0.2) is 5.82 Å². The summed E-state index contributed by atoms with van der Waals surface area (Å²) < 4.78 is 1.80. The van der Waals surface area contributed by atoms with Crippen LogP contribution in [0.5, 0.6) is 0 Å². The molecular formula is C16H17N5. The molecule has 3 rings (SSSR count). The summed E-state index contributed by atoms with van der Waals surface area (Å²) in [5.74, 6) is 0.737. The summed E-state index contributed by atoms with van der Waals surface area (Å²) in [6, 6.07) is 14.1. The number of rotatable bonds is 3. The highest BCUT2D eigenvalue weighted by atomic mass is 15.5. The molecule has 0 aliphatic heterocycles. The van der Waals surface area contributed by atoms with Gasteiger partial charge in [0.1, 0.15) is 0 Å². The number of benzene rings is 2. The van der Waals surface area contributed by atoms with Gasteiger partial charge in [0.25, 0.3) is 0 Å². The molecule has 0 fully saturated rings. The van der Waals surface area contributed by atoms with Crippen LogP contribution in [-0.2, 0) is 6.54 Å². The number of nitrogens with zero attached hydrogens (tertiary/aromatic N) is 4. The van der Waals surface area contributed by atoms with Gasteiger partial charge in [0.05, 0.1) is 6.54 Å². The van der Waals surface area contributed by atoms with Gasteiger partial charge in [0, 0.05) is 11.3 Å². The summed E-state index contributed by atoms with van der Waals surface area (Å²) in [5, 5.41) is 12.1. The predicted octanol–water partition coefficient (Wildman–Crippen LogP) is 2.59. The molecule has 21 heavy (non-hydrogen) atoms. The van der Waals surface area contributed by atoms with E-state index in [1.807, 2.05) is 31.2 Å². The van der Waals surface area contributed by atoms with Crippen LogP contribution < -0.4 is 5.73 Å². The Labute approximate surface area is 123 Å². The molecule has 0 bridgehead atoms. The second-order valence-corrected chi connectivity index (χ2v) is 5.17. The molecule has 0 aliphatic carbocycles. The zero-order valence-electron chi connectivity index (χ0n) is 12.1. The highest BCUT2D eigenvalue weighted by Crippen LogP contribution is 2.25. The second-order valence-electron chi connectivity index (χ2n) is 5.17. The number of nitrogen functional groups attached to an aromatic ring is 1. The lowest BCUT2D eigenvalue weighted by Gasteiger charge is -2.09. The van der Waals surface area contributed by atoms with Crippen molar-refractivity contribution in [2.75, 3.05) is 5.73 Å². The number of anilines is 1. The Hall–Kier alpha value is -2.69. The number of hydrogen-bond acceptors (Lipinski definition) is 4. The maximum atomic E-state index is 5.97. The Morgan fingerprint density at radius 2 is 1.90 bits per heavy atom. The third-order valence-electron chi connectivity index (χ3n) is 3.56. The van der Waals surface area contributed by atoms with E-state index in [1.54, 1.807) is 4.68 Å². The Kier molecular flexibility index (Phi) is 3.39. The Bertz CT molecular complexity index is 776. The maximum absolute atomic E-state index is 5.97. The van der Waals surface area contributed by atoms with Gasteiger partial charge in [-0.3, -0.25) is 0 Å². The van der Waals surface area contributed by atoms with Gasteiger partial charge >= 0.3 is 0 Å². The average molecular weight is 279 g/mol. The maximum Gasteiger partial charge on any atom is 0.182 e. The molecule has 0 amide bonds. The fraction of sp³-hybridized carbons (Fsp3) is 0.188. The summed E-state index contributed by atoms with van der Waals surface area (Å²) in [4.78, 5) is 0. The van der Waals surface area contributed by atoms with Gasteiger partial charge in [-0.2, -0.15) is 0 Å². The first-order chi connectivity index (χ1) is 10.1. The van der Waals surface area contributed by atoms with Crippen LogP contribution in [0.1, 0.15) is 16.7 Å². The molecule has 3 aromatic rings. The van der Waals surface area contributed by atoms with Gasteiger partial charge in [-0.05, 0) is 41.5 Å². The summed E-state index contributed by atoms with van der Waals surface area (Å²) in [6.45, 7) is 4.70. The smallest absolute Gasteiger partial charge is 0.182 e. The number of aromatic nitrogens is 4. The number of hydrogen-bond donors (Lipinski definition) is 1. The fourth-order valence-electron chi connectivity index (χ4n) is 2.38. The lowest BCUT2D eigenvalue weighted by molar-refractivity contribution is 0.653. The average Bonchev–Trinajstić information content (AvgIpc) is 2.90. The van der Waals surface area contributed by atoms with Crippen molar-refractivity contribution >= 4 is 5.69 Å². The van der Waals surface area contributed by atoms with Crippen LogP contribution in [0.4, 0.5) is 5.69 Å². The first kappa shape index (κ1) is 13.3. The minimum atomic E-state index is 0.637. The predicted molar refractivity (Wildman–Crippen MR) is 82.7 cm³/mol. The largest absolute Gasteiger partial charge is 0.398 e. The topological polar surface area (TPSA) is 69.6 Å². The van der Waals surface area contributed by atoms with Crippen LogP contribution in [0, 0.1) is 13.8 Å². The van der Waals surface area contributed by atoms with E-state index in [0.29, 0.717) is 6.54 Å². The molecule has 0 saturated heterocycles. The highest BCUT2D eigenvalue weighted by Gasteiger charge is 2.12. The summed E-state index contributed by atoms with van der Waals surface area (Å²) >= 11 is 0. The van der Waals surface area contributed by atoms with Crippen LogP contribution in [0.15, 0.2) is 42.5 Å². The molecule has 0 spiro atoms. The van der Waals surface area contributed by atoms with E-state index in [0.717, 1.165) is 22.6 Å². The van der Waals surface area contributed by atoms with Crippen LogP contribution in [0.3, 0.4) is 0 Å². The minimum absolute atomic E-state index is 0.637. The molecule has 0 saturated carbocycles. The number of tetrazole rings is 1. The lowest BCUT2D eigenvalue weighted by atomic mass is 10.1. The third-order valence-corrected chi connectivity index (χ3v) is 3.56. The number of aryl methyl sites for hydroxylation is 1. The van der Waals surface area contributed by atoms with E-state index in [-0.39, 0.29) is 0 Å². The molecule has 1 heterocycles. The molecule has 0 unspecified atom stereocenters. The molecule has 0 aliphatic rings. The Morgan fingerprint density at radius 3 is 2.71 bits per heavy atom. The van der Waals surface area contributed by atoms with Crippen molar-refractivity contribution in [3.8, 4) is 11.4 Å². The molecule has 2 aromatic carbocycles. The zero-order chi connectivity index (χ0) is 14.8. The van der Waals surface area contributed by atoms with Crippen LogP contribution in [-0.4, -0.2) is 20.2 Å². The Balaban J connectivity index is 2.00. The molecule has 5 heteroatoms. The van der Waals surface area contributed by atoms with E-state index < -0.39 is 0 Å². The first-order valence-corrected chi connectivity index (χ1v) is 6.82. The van der Waals surface area contributed by atoms with Crippen molar-refractivity contribution in [1.82, 2.24) is 20.2 Å². The normalized spacial score (nSPS) is 10.8. The second kappa shape index (κ2) is 5.36. The molecule has 5 nitrogen and oxygen atoms in total. The molecule has 0 atom stereocenters. The van der Waals surface area contributed by atoms with Crippen LogP contribution >= 0.6 is 0 Å². The van der Waals surface area contributed by atoms with Crippen molar-refractivity contribution in [1.29, 1.82) is 0 Å². The molecule has 106 valence electrons. The number of nitrogens with two attached hydrogens (primary N) is 1. The molecule has 2 N–H and O–H groups in total. The van der Waals surface area contributed by atoms with E-state index in [2.05, 4.69) is 40.6 Å². The van der Waals surface area contributed by atoms with Gasteiger partial charge in [-0.15, -0.1) is 5.10 Å². The van der Waals surface area contributed by atoms with E-state index in [4.69, 9.17) is 5.73 Å². The highest BCUT2D eigenvalue weighted by molar-refractivity contribution is 5.67. The summed E-state index contributed by atoms with van der Waals surface area (Å²) in [5.41, 5.74) is 11.1. The monoisotopic (exact) mass is 279 g/mol. The molecular weight excluding hydrogens is 262 g/mol. The van der Waals surface area contributed by atoms with Crippen LogP contribution in [0.2, 0.25) is 0 Å². The standard InChI is InChI=1S/C16H17N5/c1-11-5-3-6-13(9-11)10-21-16(18-19-20-21)14-7-4-8-15(17)12(14)2/h3-9H,10,17H2,1-2H3. The van der Waals surface area contributed by atoms with Gasteiger partial charge < -0.3 is 5.73 Å². The van der Waals surface area contributed by atoms with E-state index in [1.165, 1.54) is 11.1 Å².